The Morgan fingerprint density at radius 3 is 1.27 bits per heavy atom. The van der Waals surface area contributed by atoms with Crippen LogP contribution in [0.15, 0.2) is 97.1 Å². The molecule has 7 heteroatoms. The minimum atomic E-state index is -0.416. The molecule has 0 amide bonds. The third kappa shape index (κ3) is 15.3. The van der Waals surface area contributed by atoms with Crippen molar-refractivity contribution in [3.63, 3.8) is 0 Å². The van der Waals surface area contributed by atoms with Crippen molar-refractivity contribution in [2.75, 3.05) is 13.2 Å². The summed E-state index contributed by atoms with van der Waals surface area (Å²) in [6.45, 7) is 9.66. The predicted molar refractivity (Wildman–Crippen MR) is 203 cm³/mol. The molecule has 0 aliphatic carbocycles. The lowest BCUT2D eigenvalue weighted by molar-refractivity contribution is 0.0497. The number of hydrogen-bond donors (Lipinski definition) is 0. The quantitative estimate of drug-likeness (QED) is 0.0548. The molecule has 4 aromatic carbocycles. The van der Waals surface area contributed by atoms with E-state index in [9.17, 15) is 14.4 Å². The lowest BCUT2D eigenvalue weighted by atomic mass is 10.1. The van der Waals surface area contributed by atoms with Gasteiger partial charge in [-0.3, -0.25) is 0 Å². The fraction of sp³-hybridized carbons (Fsp3) is 0.386. The Balaban J connectivity index is 0.000000281. The number of hydrogen-bond acceptors (Lipinski definition) is 7. The summed E-state index contributed by atoms with van der Waals surface area (Å²) in [6.07, 6.45) is 12.2. The first-order chi connectivity index (χ1) is 24.9. The zero-order chi connectivity index (χ0) is 36.7. The number of aryl methyl sites for hydroxylation is 2. The van der Waals surface area contributed by atoms with Gasteiger partial charge in [0.25, 0.3) is 0 Å². The lowest BCUT2D eigenvalue weighted by Gasteiger charge is -2.08. The number of unbranched alkanes of at least 4 members (excludes halogenated alkanes) is 7. The maximum atomic E-state index is 12.2. The molecule has 0 saturated carbocycles. The topological polar surface area (TPSA) is 88.1 Å². The molecule has 4 rings (SSSR count). The molecule has 0 aliphatic heterocycles. The Labute approximate surface area is 304 Å². The SMILES string of the molecule is CCCCCCCCOC(=O)c1ccc(OC(=O)c2ccc(CC)cc2)cc1.CCCCCOc1ccc(OC(=O)c2ccc(CC)cc2)cc1. The molecule has 0 aromatic heterocycles. The van der Waals surface area contributed by atoms with E-state index in [1.54, 1.807) is 60.7 Å². The van der Waals surface area contributed by atoms with E-state index in [-0.39, 0.29) is 11.9 Å². The van der Waals surface area contributed by atoms with Gasteiger partial charge in [-0.15, -0.1) is 0 Å². The number of benzene rings is 4. The van der Waals surface area contributed by atoms with Crippen molar-refractivity contribution in [3.05, 3.63) is 125 Å². The summed E-state index contributed by atoms with van der Waals surface area (Å²) in [5.41, 5.74) is 3.88. The standard InChI is InChI=1S/C24H30O4.C20H24O3/c1-3-5-6-7-8-9-18-27-23(25)20-14-16-22(17-15-20)28-24(26)21-12-10-19(4-2)11-13-21;1-3-5-6-15-22-18-11-13-19(14-12-18)23-20(21)17-9-7-16(4-2)8-10-17/h10-17H,3-9,18H2,1-2H3;7-14H,3-6,15H2,1-2H3. The van der Waals surface area contributed by atoms with E-state index in [1.807, 2.05) is 36.4 Å². The van der Waals surface area contributed by atoms with Crippen LogP contribution in [-0.2, 0) is 17.6 Å². The molecule has 0 fully saturated rings. The van der Waals surface area contributed by atoms with Gasteiger partial charge >= 0.3 is 17.9 Å². The third-order valence-electron chi connectivity index (χ3n) is 8.28. The monoisotopic (exact) mass is 694 g/mol. The van der Waals surface area contributed by atoms with Gasteiger partial charge in [0, 0.05) is 0 Å². The highest BCUT2D eigenvalue weighted by Crippen LogP contribution is 2.20. The summed E-state index contributed by atoms with van der Waals surface area (Å²) < 4.78 is 21.7. The molecular weight excluding hydrogens is 640 g/mol. The first-order valence-corrected chi connectivity index (χ1v) is 18.5. The van der Waals surface area contributed by atoms with Crippen molar-refractivity contribution < 1.29 is 33.3 Å². The van der Waals surface area contributed by atoms with Crippen LogP contribution in [0, 0.1) is 0 Å². The third-order valence-corrected chi connectivity index (χ3v) is 8.28. The fourth-order valence-electron chi connectivity index (χ4n) is 5.02. The molecule has 51 heavy (non-hydrogen) atoms. The van der Waals surface area contributed by atoms with Gasteiger partial charge in [0.2, 0.25) is 0 Å². The Kier molecular flexibility index (Phi) is 18.7. The second kappa shape index (κ2) is 23.5. The van der Waals surface area contributed by atoms with Gasteiger partial charge in [0.1, 0.15) is 17.2 Å². The molecular formula is C44H54O7. The van der Waals surface area contributed by atoms with Crippen LogP contribution in [0.2, 0.25) is 0 Å². The maximum absolute atomic E-state index is 12.2. The summed E-state index contributed by atoms with van der Waals surface area (Å²) in [4.78, 5) is 36.3. The van der Waals surface area contributed by atoms with Gasteiger partial charge in [0.05, 0.1) is 29.9 Å². The van der Waals surface area contributed by atoms with E-state index >= 15 is 0 Å². The fourth-order valence-corrected chi connectivity index (χ4v) is 5.02. The van der Waals surface area contributed by atoms with Crippen LogP contribution in [0.4, 0.5) is 0 Å². The van der Waals surface area contributed by atoms with Crippen molar-refractivity contribution in [2.45, 2.75) is 98.3 Å². The zero-order valence-corrected chi connectivity index (χ0v) is 30.8. The van der Waals surface area contributed by atoms with Gasteiger partial charge in [0.15, 0.2) is 0 Å². The molecule has 272 valence electrons. The molecule has 0 bridgehead atoms. The van der Waals surface area contributed by atoms with Crippen LogP contribution in [0.25, 0.3) is 0 Å². The molecule has 0 aliphatic rings. The van der Waals surface area contributed by atoms with Gasteiger partial charge in [-0.25, -0.2) is 14.4 Å². The van der Waals surface area contributed by atoms with Crippen molar-refractivity contribution in [2.24, 2.45) is 0 Å². The highest BCUT2D eigenvalue weighted by molar-refractivity contribution is 5.92. The average molecular weight is 695 g/mol. The second-order valence-electron chi connectivity index (χ2n) is 12.3. The van der Waals surface area contributed by atoms with Crippen LogP contribution < -0.4 is 14.2 Å². The smallest absolute Gasteiger partial charge is 0.343 e. The van der Waals surface area contributed by atoms with E-state index < -0.39 is 5.97 Å². The molecule has 0 saturated heterocycles. The van der Waals surface area contributed by atoms with Crippen molar-refractivity contribution >= 4 is 17.9 Å². The molecule has 4 aromatic rings. The Morgan fingerprint density at radius 1 is 0.412 bits per heavy atom. The minimum absolute atomic E-state index is 0.343. The number of esters is 3. The van der Waals surface area contributed by atoms with Crippen molar-refractivity contribution in [1.29, 1.82) is 0 Å². The highest BCUT2D eigenvalue weighted by Gasteiger charge is 2.12. The summed E-state index contributed by atoms with van der Waals surface area (Å²) in [6, 6.07) is 28.5. The molecule has 0 radical (unpaired) electrons. The second-order valence-corrected chi connectivity index (χ2v) is 12.3. The van der Waals surface area contributed by atoms with Crippen LogP contribution in [0.1, 0.15) is 128 Å². The maximum Gasteiger partial charge on any atom is 0.343 e. The lowest BCUT2D eigenvalue weighted by Crippen LogP contribution is -2.09. The molecule has 0 unspecified atom stereocenters. The van der Waals surface area contributed by atoms with Crippen molar-refractivity contribution in [3.8, 4) is 17.2 Å². The van der Waals surface area contributed by atoms with E-state index in [4.69, 9.17) is 18.9 Å². The summed E-state index contributed by atoms with van der Waals surface area (Å²) in [7, 11) is 0. The first kappa shape index (κ1) is 40.5. The van der Waals surface area contributed by atoms with E-state index in [1.165, 1.54) is 49.7 Å². The molecule has 0 atom stereocenters. The van der Waals surface area contributed by atoms with Crippen molar-refractivity contribution in [1.82, 2.24) is 0 Å². The molecule has 0 N–H and O–H groups in total. The van der Waals surface area contributed by atoms with Gasteiger partial charge in [-0.1, -0.05) is 96.9 Å². The molecule has 0 heterocycles. The van der Waals surface area contributed by atoms with Gasteiger partial charge in [-0.2, -0.15) is 0 Å². The van der Waals surface area contributed by atoms with Crippen LogP contribution in [-0.4, -0.2) is 31.1 Å². The number of carbonyl (C=O) groups is 3. The summed E-state index contributed by atoms with van der Waals surface area (Å²) in [5, 5.41) is 0. The predicted octanol–water partition coefficient (Wildman–Crippen LogP) is 11.0. The summed E-state index contributed by atoms with van der Waals surface area (Å²) >= 11 is 0. The Morgan fingerprint density at radius 2 is 0.784 bits per heavy atom. The average Bonchev–Trinajstić information content (AvgIpc) is 3.17. The van der Waals surface area contributed by atoms with Gasteiger partial charge < -0.3 is 18.9 Å². The molecule has 0 spiro atoms. The first-order valence-electron chi connectivity index (χ1n) is 18.5. The van der Waals surface area contributed by atoms with Crippen LogP contribution >= 0.6 is 0 Å². The number of rotatable bonds is 19. The van der Waals surface area contributed by atoms with E-state index in [0.29, 0.717) is 34.8 Å². The Bertz CT molecular complexity index is 1580. The zero-order valence-electron chi connectivity index (χ0n) is 30.8. The number of ether oxygens (including phenoxy) is 4. The minimum Gasteiger partial charge on any atom is -0.494 e. The Hall–Kier alpha value is -4.91. The number of carbonyl (C=O) groups excluding carboxylic acids is 3. The highest BCUT2D eigenvalue weighted by atomic mass is 16.5. The molecule has 7 nitrogen and oxygen atoms in total. The normalized spacial score (nSPS) is 10.4. The van der Waals surface area contributed by atoms with E-state index in [2.05, 4.69) is 27.7 Å². The van der Waals surface area contributed by atoms with Crippen LogP contribution in [0.3, 0.4) is 0 Å². The van der Waals surface area contributed by atoms with E-state index in [0.717, 1.165) is 44.5 Å². The van der Waals surface area contributed by atoms with Gasteiger partial charge in [-0.05, 0) is 110 Å². The summed E-state index contributed by atoms with van der Waals surface area (Å²) in [5.74, 6) is 0.618. The largest absolute Gasteiger partial charge is 0.494 e. The van der Waals surface area contributed by atoms with Crippen LogP contribution in [0.5, 0.6) is 17.2 Å².